The van der Waals surface area contributed by atoms with E-state index in [1.807, 2.05) is 45.0 Å². The molecule has 0 aliphatic carbocycles. The molecule has 4 heteroatoms. The lowest BCUT2D eigenvalue weighted by molar-refractivity contribution is 0.529. The highest BCUT2D eigenvalue weighted by molar-refractivity contribution is 5.55. The smallest absolute Gasteiger partial charge is 0.130 e. The van der Waals surface area contributed by atoms with E-state index in [0.29, 0.717) is 12.1 Å². The van der Waals surface area contributed by atoms with Gasteiger partial charge in [0.25, 0.3) is 0 Å². The quantitative estimate of drug-likeness (QED) is 0.903. The van der Waals surface area contributed by atoms with Crippen LogP contribution in [0.15, 0.2) is 34.9 Å². The second-order valence-electron chi connectivity index (χ2n) is 5.04. The molecule has 1 atom stereocenters. The molecule has 20 heavy (non-hydrogen) atoms. The first-order valence-electron chi connectivity index (χ1n) is 6.74. The fourth-order valence-corrected chi connectivity index (χ4v) is 2.35. The lowest BCUT2D eigenvalue weighted by Crippen LogP contribution is -2.22. The number of aryl methyl sites for hydroxylation is 1. The number of halogens is 1. The van der Waals surface area contributed by atoms with Gasteiger partial charge in [-0.2, -0.15) is 0 Å². The van der Waals surface area contributed by atoms with Crippen LogP contribution in [-0.2, 0) is 6.54 Å². The summed E-state index contributed by atoms with van der Waals surface area (Å²) in [6.45, 7) is 4.58. The Morgan fingerprint density at radius 2 is 2.10 bits per heavy atom. The minimum Gasteiger partial charge on any atom is -0.469 e. The number of hydrogen-bond acceptors (Lipinski definition) is 3. The maximum atomic E-state index is 14.1. The maximum absolute atomic E-state index is 14.1. The first kappa shape index (κ1) is 14.6. The number of benzene rings is 1. The van der Waals surface area contributed by atoms with E-state index in [0.717, 1.165) is 17.0 Å². The molecule has 2 aromatic rings. The van der Waals surface area contributed by atoms with E-state index in [4.69, 9.17) is 4.42 Å². The molecular formula is C16H21FN2O. The summed E-state index contributed by atoms with van der Waals surface area (Å²) >= 11 is 0. The lowest BCUT2D eigenvalue weighted by Gasteiger charge is -2.25. The molecule has 0 amide bonds. The molecule has 0 fully saturated rings. The molecular weight excluding hydrogens is 255 g/mol. The van der Waals surface area contributed by atoms with Crippen molar-refractivity contribution < 1.29 is 8.81 Å². The predicted octanol–water partition coefficient (Wildman–Crippen LogP) is 3.64. The van der Waals surface area contributed by atoms with Gasteiger partial charge in [-0.05, 0) is 39.1 Å². The maximum Gasteiger partial charge on any atom is 0.130 e. The molecule has 0 saturated heterocycles. The van der Waals surface area contributed by atoms with Gasteiger partial charge in [-0.1, -0.05) is 6.07 Å². The molecule has 2 rings (SSSR count). The Kier molecular flexibility index (Phi) is 4.45. The Hall–Kier alpha value is -1.81. The van der Waals surface area contributed by atoms with Crippen LogP contribution in [0.1, 0.15) is 29.9 Å². The molecule has 1 N–H and O–H groups in total. The average molecular weight is 276 g/mol. The summed E-state index contributed by atoms with van der Waals surface area (Å²) in [5, 5.41) is 3.10. The molecule has 0 saturated carbocycles. The summed E-state index contributed by atoms with van der Waals surface area (Å²) in [5.74, 6) is 0.719. The highest BCUT2D eigenvalue weighted by Crippen LogP contribution is 2.29. The molecule has 1 aromatic carbocycles. The Labute approximate surface area is 119 Å². The van der Waals surface area contributed by atoms with Crippen LogP contribution < -0.4 is 10.2 Å². The second-order valence-corrected chi connectivity index (χ2v) is 5.04. The molecule has 3 nitrogen and oxygen atoms in total. The summed E-state index contributed by atoms with van der Waals surface area (Å²) < 4.78 is 19.4. The third kappa shape index (κ3) is 2.85. The van der Waals surface area contributed by atoms with Crippen LogP contribution in [0, 0.1) is 12.7 Å². The van der Waals surface area contributed by atoms with E-state index in [2.05, 4.69) is 5.32 Å². The molecule has 0 aliphatic rings. The molecule has 0 bridgehead atoms. The van der Waals surface area contributed by atoms with Gasteiger partial charge in [-0.3, -0.25) is 0 Å². The fraction of sp³-hybridized carbons (Fsp3) is 0.375. The number of anilines is 1. The van der Waals surface area contributed by atoms with Crippen LogP contribution in [-0.4, -0.2) is 14.1 Å². The number of rotatable bonds is 5. The number of furan rings is 1. The standard InChI is InChI=1S/C16H21FN2O/c1-11(18-3)16-14(17)6-5-7-15(16)19(4)10-13-8-9-20-12(13)2/h5-9,11,18H,10H2,1-4H3. The van der Waals surface area contributed by atoms with Gasteiger partial charge in [0.2, 0.25) is 0 Å². The van der Waals surface area contributed by atoms with Crippen molar-refractivity contribution in [2.75, 3.05) is 19.0 Å². The topological polar surface area (TPSA) is 28.4 Å². The number of hydrogen-bond donors (Lipinski definition) is 1. The van der Waals surface area contributed by atoms with Crippen LogP contribution in [0.2, 0.25) is 0 Å². The van der Waals surface area contributed by atoms with E-state index in [9.17, 15) is 4.39 Å². The van der Waals surface area contributed by atoms with Gasteiger partial charge in [0.05, 0.1) is 6.26 Å². The van der Waals surface area contributed by atoms with Crippen molar-refractivity contribution in [1.29, 1.82) is 0 Å². The fourth-order valence-electron chi connectivity index (χ4n) is 2.35. The summed E-state index contributed by atoms with van der Waals surface area (Å²) in [6.07, 6.45) is 1.68. The molecule has 0 radical (unpaired) electrons. The Balaban J connectivity index is 2.32. The Morgan fingerprint density at radius 1 is 1.35 bits per heavy atom. The third-order valence-corrected chi connectivity index (χ3v) is 3.68. The van der Waals surface area contributed by atoms with Crippen molar-refractivity contribution in [3.63, 3.8) is 0 Å². The molecule has 108 valence electrons. The highest BCUT2D eigenvalue weighted by Gasteiger charge is 2.17. The van der Waals surface area contributed by atoms with E-state index in [1.54, 1.807) is 12.3 Å². The SMILES string of the molecule is CNC(C)c1c(F)cccc1N(C)Cc1ccoc1C. The summed E-state index contributed by atoms with van der Waals surface area (Å²) in [5.41, 5.74) is 2.70. The van der Waals surface area contributed by atoms with Crippen LogP contribution in [0.5, 0.6) is 0 Å². The van der Waals surface area contributed by atoms with Crippen molar-refractivity contribution in [2.45, 2.75) is 26.4 Å². The largest absolute Gasteiger partial charge is 0.469 e. The number of nitrogens with zero attached hydrogens (tertiary/aromatic N) is 1. The van der Waals surface area contributed by atoms with Gasteiger partial charge in [0.15, 0.2) is 0 Å². The van der Waals surface area contributed by atoms with Crippen molar-refractivity contribution >= 4 is 5.69 Å². The second kappa shape index (κ2) is 6.09. The summed E-state index contributed by atoms with van der Waals surface area (Å²) in [6, 6.07) is 7.10. The highest BCUT2D eigenvalue weighted by atomic mass is 19.1. The van der Waals surface area contributed by atoms with Crippen LogP contribution in [0.3, 0.4) is 0 Å². The molecule has 0 spiro atoms. The van der Waals surface area contributed by atoms with Crippen molar-refractivity contribution in [3.8, 4) is 0 Å². The van der Waals surface area contributed by atoms with Crippen LogP contribution >= 0.6 is 0 Å². The Morgan fingerprint density at radius 3 is 2.70 bits per heavy atom. The lowest BCUT2D eigenvalue weighted by atomic mass is 10.0. The first-order chi connectivity index (χ1) is 9.54. The summed E-state index contributed by atoms with van der Waals surface area (Å²) in [7, 11) is 3.80. The number of nitrogens with one attached hydrogen (secondary N) is 1. The van der Waals surface area contributed by atoms with Crippen LogP contribution in [0.4, 0.5) is 10.1 Å². The van der Waals surface area contributed by atoms with E-state index in [1.165, 1.54) is 6.07 Å². The zero-order chi connectivity index (χ0) is 14.7. The minimum absolute atomic E-state index is 0.0425. The zero-order valence-corrected chi connectivity index (χ0v) is 12.4. The molecule has 1 unspecified atom stereocenters. The first-order valence-corrected chi connectivity index (χ1v) is 6.74. The molecule has 1 heterocycles. The normalized spacial score (nSPS) is 12.4. The monoisotopic (exact) mass is 276 g/mol. The van der Waals surface area contributed by atoms with E-state index in [-0.39, 0.29) is 11.9 Å². The van der Waals surface area contributed by atoms with Crippen molar-refractivity contribution in [3.05, 3.63) is 53.2 Å². The zero-order valence-electron chi connectivity index (χ0n) is 12.4. The predicted molar refractivity (Wildman–Crippen MR) is 79.4 cm³/mol. The van der Waals surface area contributed by atoms with Gasteiger partial charge >= 0.3 is 0 Å². The Bertz CT molecular complexity index is 580. The molecule has 0 aliphatic heterocycles. The molecule has 1 aromatic heterocycles. The van der Waals surface area contributed by atoms with Crippen molar-refractivity contribution in [2.24, 2.45) is 0 Å². The van der Waals surface area contributed by atoms with Gasteiger partial charge in [0.1, 0.15) is 11.6 Å². The summed E-state index contributed by atoms with van der Waals surface area (Å²) in [4.78, 5) is 2.05. The third-order valence-electron chi connectivity index (χ3n) is 3.68. The minimum atomic E-state index is -0.180. The van der Waals surface area contributed by atoms with Gasteiger partial charge < -0.3 is 14.6 Å². The van der Waals surface area contributed by atoms with E-state index < -0.39 is 0 Å². The van der Waals surface area contributed by atoms with Crippen molar-refractivity contribution in [1.82, 2.24) is 5.32 Å². The van der Waals surface area contributed by atoms with E-state index >= 15 is 0 Å². The average Bonchev–Trinajstić information content (AvgIpc) is 2.83. The van der Waals surface area contributed by atoms with Gasteiger partial charge in [-0.25, -0.2) is 4.39 Å². The van der Waals surface area contributed by atoms with Gasteiger partial charge in [0, 0.05) is 36.4 Å². The van der Waals surface area contributed by atoms with Gasteiger partial charge in [-0.15, -0.1) is 0 Å². The van der Waals surface area contributed by atoms with Crippen LogP contribution in [0.25, 0.3) is 0 Å².